The maximum Gasteiger partial charge on any atom is 0.459 e. The number of nitrogens with zero attached hydrogens (tertiary/aromatic N) is 2. The molecule has 1 aromatic carbocycles. The number of carbonyl (C=O) groups excluding carboxylic acids is 2. The summed E-state index contributed by atoms with van der Waals surface area (Å²) in [6.45, 7) is 1.91. The summed E-state index contributed by atoms with van der Waals surface area (Å²) in [7, 11) is -4.33. The van der Waals surface area contributed by atoms with E-state index in [1.54, 1.807) is 18.2 Å². The number of amides is 1. The number of carbonyl (C=O) groups is 2. The molecule has 2 aromatic rings. The number of aliphatic hydroxyl groups is 1. The third-order valence-corrected chi connectivity index (χ3v) is 8.26. The second-order valence-corrected chi connectivity index (χ2v) is 11.7. The zero-order chi connectivity index (χ0) is 30.3. The Balaban J connectivity index is 1.60. The van der Waals surface area contributed by atoms with Gasteiger partial charge < -0.3 is 24.4 Å². The van der Waals surface area contributed by atoms with Crippen molar-refractivity contribution in [2.24, 2.45) is 0 Å². The topological polar surface area (TPSA) is 167 Å². The van der Waals surface area contributed by atoms with E-state index in [2.05, 4.69) is 15.4 Å². The Morgan fingerprint density at radius 1 is 1.17 bits per heavy atom. The molecule has 1 fully saturated rings. The number of aliphatic hydroxyl groups excluding tert-OH is 1. The van der Waals surface area contributed by atoms with E-state index in [4.69, 9.17) is 18.5 Å². The molecule has 0 aliphatic carbocycles. The fourth-order valence-electron chi connectivity index (χ4n) is 4.34. The lowest BCUT2D eigenvalue weighted by Crippen LogP contribution is -2.43. The number of nitrogens with one attached hydrogen (secondary N) is 2. The van der Waals surface area contributed by atoms with Crippen LogP contribution in [0, 0.1) is 0 Å². The molecule has 3 aliphatic heterocycles. The third kappa shape index (κ3) is 7.90. The number of para-hydroxylation sites is 1. The molecule has 42 heavy (non-hydrogen) atoms. The number of allylic oxidation sites excluding steroid dienone is 2. The number of fused-ring (bicyclic) bond motifs is 16. The molecule has 6 atom stereocenters. The van der Waals surface area contributed by atoms with Gasteiger partial charge in [0.05, 0.1) is 13.2 Å². The zero-order valence-corrected chi connectivity index (χ0v) is 24.1. The summed E-state index contributed by atoms with van der Waals surface area (Å²) in [5.74, 6) is -0.953. The number of benzene rings is 1. The highest BCUT2D eigenvalue weighted by molar-refractivity contribution is 7.52. The fourth-order valence-corrected chi connectivity index (χ4v) is 5.84. The molecule has 13 nitrogen and oxygen atoms in total. The van der Waals surface area contributed by atoms with E-state index in [0.29, 0.717) is 19.3 Å². The third-order valence-electron chi connectivity index (χ3n) is 6.61. The van der Waals surface area contributed by atoms with Crippen LogP contribution in [0.3, 0.4) is 0 Å². The van der Waals surface area contributed by atoms with Crippen LogP contribution < -0.4 is 20.6 Å². The number of hydrogen-bond acceptors (Lipinski definition) is 10. The van der Waals surface area contributed by atoms with Gasteiger partial charge in [-0.3, -0.25) is 18.7 Å². The van der Waals surface area contributed by atoms with Gasteiger partial charge in [-0.2, -0.15) is 10.1 Å². The molecule has 2 unspecified atom stereocenters. The van der Waals surface area contributed by atoms with Crippen LogP contribution in [0.5, 0.6) is 5.75 Å². The normalized spacial score (nSPS) is 31.7. The fraction of sp³-hybridized carbons (Fsp3) is 0.481. The van der Waals surface area contributed by atoms with Crippen molar-refractivity contribution in [3.05, 3.63) is 65.2 Å². The van der Waals surface area contributed by atoms with Crippen molar-refractivity contribution in [2.75, 3.05) is 18.5 Å². The molecule has 0 radical (unpaired) electrons. The van der Waals surface area contributed by atoms with E-state index in [1.165, 1.54) is 31.3 Å². The van der Waals surface area contributed by atoms with Crippen LogP contribution >= 0.6 is 7.75 Å². The minimum absolute atomic E-state index is 0.0244. The molecule has 3 aliphatic rings. The van der Waals surface area contributed by atoms with Crippen molar-refractivity contribution in [3.63, 3.8) is 0 Å². The highest BCUT2D eigenvalue weighted by Crippen LogP contribution is 2.47. The first kappa shape index (κ1) is 31.5. The van der Waals surface area contributed by atoms with Crippen LogP contribution in [0.1, 0.15) is 45.8 Å². The number of esters is 1. The lowest BCUT2D eigenvalue weighted by molar-refractivity contribution is -0.145. The lowest BCUT2D eigenvalue weighted by Gasteiger charge is -2.25. The number of alkyl halides is 1. The average molecular weight is 609 g/mol. The zero-order valence-electron chi connectivity index (χ0n) is 23.2. The average Bonchev–Trinajstić information content (AvgIpc) is 3.16. The van der Waals surface area contributed by atoms with Crippen LogP contribution in [0.25, 0.3) is 0 Å². The van der Waals surface area contributed by atoms with Crippen molar-refractivity contribution in [1.82, 2.24) is 14.6 Å². The smallest absolute Gasteiger partial charge is 0.459 e. The van der Waals surface area contributed by atoms with Gasteiger partial charge in [0.2, 0.25) is 5.91 Å². The summed E-state index contributed by atoms with van der Waals surface area (Å²) in [6, 6.07) is 8.21. The molecule has 4 heterocycles. The van der Waals surface area contributed by atoms with Crippen molar-refractivity contribution in [1.29, 1.82) is 0 Å². The van der Waals surface area contributed by atoms with E-state index in [-0.39, 0.29) is 30.5 Å². The largest absolute Gasteiger partial charge is 0.465 e. The van der Waals surface area contributed by atoms with E-state index < -0.39 is 56.2 Å². The van der Waals surface area contributed by atoms with Crippen LogP contribution in [0.4, 0.5) is 10.2 Å². The lowest BCUT2D eigenvalue weighted by atomic mass is 9.98. The van der Waals surface area contributed by atoms with Gasteiger partial charge in [0, 0.05) is 12.6 Å². The highest BCUT2D eigenvalue weighted by Gasteiger charge is 2.56. The second-order valence-electron chi connectivity index (χ2n) is 10.0. The molecule has 1 saturated heterocycles. The van der Waals surface area contributed by atoms with Crippen molar-refractivity contribution in [3.8, 4) is 5.75 Å². The number of ether oxygens (including phenoxy) is 2. The monoisotopic (exact) mass is 608 g/mol. The molecule has 1 aromatic heterocycles. The first-order chi connectivity index (χ1) is 20.0. The molecule has 228 valence electrons. The summed E-state index contributed by atoms with van der Waals surface area (Å²) in [5, 5.41) is 15.8. The maximum atomic E-state index is 15.8. The Morgan fingerprint density at radius 2 is 1.90 bits per heavy atom. The second kappa shape index (κ2) is 13.7. The van der Waals surface area contributed by atoms with Crippen molar-refractivity contribution < 1.29 is 42.2 Å². The van der Waals surface area contributed by atoms with Crippen LogP contribution in [0.15, 0.2) is 59.5 Å². The summed E-state index contributed by atoms with van der Waals surface area (Å²) in [5.41, 5.74) is -3.43. The van der Waals surface area contributed by atoms with Gasteiger partial charge in [-0.25, -0.2) is 13.8 Å². The number of aromatic nitrogens is 2. The molecule has 3 N–H and O–H groups in total. The Bertz CT molecular complexity index is 1390. The molecular formula is C27H34FN4O9P. The highest BCUT2D eigenvalue weighted by atomic mass is 31.2. The molecular weight excluding hydrogens is 574 g/mol. The molecule has 0 spiro atoms. The Kier molecular flexibility index (Phi) is 10.3. The van der Waals surface area contributed by atoms with E-state index in [0.717, 1.165) is 11.5 Å². The van der Waals surface area contributed by atoms with Gasteiger partial charge >= 0.3 is 19.4 Å². The Morgan fingerprint density at radius 3 is 2.64 bits per heavy atom. The van der Waals surface area contributed by atoms with Crippen LogP contribution in [0.2, 0.25) is 0 Å². The SMILES string of the molecule is C[C@@H]1N[P@@](=O)(Oc2ccccc2)OCC2OC(n3ccc(nc3=O)NC(=O)CCC=CCCCOC1=O)[C@](C)(F)[C@@H]2O. The minimum atomic E-state index is -4.33. The van der Waals surface area contributed by atoms with Crippen molar-refractivity contribution >= 4 is 25.4 Å². The minimum Gasteiger partial charge on any atom is -0.465 e. The molecule has 5 rings (SSSR count). The Labute approximate surface area is 241 Å². The molecule has 1 amide bonds. The first-order valence-corrected chi connectivity index (χ1v) is 15.0. The van der Waals surface area contributed by atoms with Gasteiger partial charge in [0.25, 0.3) is 0 Å². The van der Waals surface area contributed by atoms with E-state index in [9.17, 15) is 24.1 Å². The quantitative estimate of drug-likeness (QED) is 0.260. The Hall–Kier alpha value is -3.42. The number of anilines is 1. The first-order valence-electron chi connectivity index (χ1n) is 13.5. The summed E-state index contributed by atoms with van der Waals surface area (Å²) in [4.78, 5) is 41.4. The molecule has 0 saturated carbocycles. The van der Waals surface area contributed by atoms with E-state index in [1.807, 2.05) is 12.2 Å². The summed E-state index contributed by atoms with van der Waals surface area (Å²) < 4.78 is 52.5. The standard InChI is InChI=1S/C27H34FN4O9P/c1-18-24(35)38-16-10-5-3-4-9-13-22(33)29-21-14-15-32(26(36)30-21)25-27(2,28)23(34)20(40-25)17-39-42(37,31-18)41-19-11-7-6-8-12-19/h3-4,6-8,11-12,14-15,18,20,23,25,34H,5,9-10,13,16-17H2,1-2H3,(H,31,37)(H,29,30,33,36)/t18-,20?,23+,25?,27+,42-/m0/s1. The van der Waals surface area contributed by atoms with Gasteiger partial charge in [-0.1, -0.05) is 30.4 Å². The van der Waals surface area contributed by atoms with Gasteiger partial charge in [0.1, 0.15) is 29.8 Å². The molecule has 15 heteroatoms. The summed E-state index contributed by atoms with van der Waals surface area (Å²) >= 11 is 0. The predicted octanol–water partition coefficient (Wildman–Crippen LogP) is 3.02. The number of halogens is 1. The number of rotatable bonds is 2. The maximum absolute atomic E-state index is 15.8. The summed E-state index contributed by atoms with van der Waals surface area (Å²) in [6.07, 6.45) is 1.66. The van der Waals surface area contributed by atoms with Crippen LogP contribution in [-0.4, -0.2) is 63.7 Å². The van der Waals surface area contributed by atoms with Crippen molar-refractivity contribution in [2.45, 2.75) is 69.7 Å². The number of hydrogen-bond donors (Lipinski definition) is 3. The predicted molar refractivity (Wildman–Crippen MR) is 148 cm³/mol. The van der Waals surface area contributed by atoms with E-state index >= 15 is 4.39 Å². The van der Waals surface area contributed by atoms with Gasteiger partial charge in [0.15, 0.2) is 11.9 Å². The van der Waals surface area contributed by atoms with Gasteiger partial charge in [-0.05, 0) is 51.3 Å². The van der Waals surface area contributed by atoms with Crippen LogP contribution in [-0.2, 0) is 28.2 Å². The molecule has 4 bridgehead atoms. The van der Waals surface area contributed by atoms with Gasteiger partial charge in [-0.15, -0.1) is 0 Å².